The number of benzene rings is 1. The summed E-state index contributed by atoms with van der Waals surface area (Å²) in [5, 5.41) is 2.80. The van der Waals surface area contributed by atoms with E-state index in [1.807, 2.05) is 0 Å². The summed E-state index contributed by atoms with van der Waals surface area (Å²) in [4.78, 5) is 16.2. The SMILES string of the molecule is COc1ccc(NC(=O)c2cc(C)nc(N)c2)cc1Br. The van der Waals surface area contributed by atoms with Crippen molar-refractivity contribution in [3.63, 3.8) is 0 Å². The minimum absolute atomic E-state index is 0.237. The monoisotopic (exact) mass is 335 g/mol. The smallest absolute Gasteiger partial charge is 0.255 e. The summed E-state index contributed by atoms with van der Waals surface area (Å²) in [6.07, 6.45) is 0. The van der Waals surface area contributed by atoms with E-state index in [0.29, 0.717) is 28.5 Å². The van der Waals surface area contributed by atoms with Crippen LogP contribution >= 0.6 is 15.9 Å². The molecule has 6 heteroatoms. The Labute approximate surface area is 125 Å². The summed E-state index contributed by atoms with van der Waals surface area (Å²) >= 11 is 3.37. The molecule has 0 unspecified atom stereocenters. The third-order valence-corrected chi connectivity index (χ3v) is 3.26. The Hall–Kier alpha value is -2.08. The van der Waals surface area contributed by atoms with Crippen molar-refractivity contribution in [1.82, 2.24) is 4.98 Å². The van der Waals surface area contributed by atoms with E-state index >= 15 is 0 Å². The topological polar surface area (TPSA) is 77.2 Å². The van der Waals surface area contributed by atoms with E-state index in [1.165, 1.54) is 0 Å². The number of halogens is 1. The highest BCUT2D eigenvalue weighted by Gasteiger charge is 2.09. The van der Waals surface area contributed by atoms with E-state index in [-0.39, 0.29) is 5.91 Å². The molecule has 0 atom stereocenters. The summed E-state index contributed by atoms with van der Waals surface area (Å²) in [5.41, 5.74) is 7.47. The molecule has 0 aliphatic carbocycles. The maximum atomic E-state index is 12.1. The van der Waals surface area contributed by atoms with Gasteiger partial charge in [0.15, 0.2) is 0 Å². The average Bonchev–Trinajstić information content (AvgIpc) is 2.37. The largest absolute Gasteiger partial charge is 0.496 e. The number of anilines is 2. The summed E-state index contributed by atoms with van der Waals surface area (Å²) in [6, 6.07) is 8.53. The van der Waals surface area contributed by atoms with Crippen LogP contribution in [0.3, 0.4) is 0 Å². The van der Waals surface area contributed by atoms with Crippen LogP contribution in [0.2, 0.25) is 0 Å². The van der Waals surface area contributed by atoms with Gasteiger partial charge in [0.2, 0.25) is 0 Å². The predicted octanol–water partition coefficient (Wildman–Crippen LogP) is 3.00. The molecule has 0 aliphatic rings. The molecule has 2 aromatic rings. The first-order chi connectivity index (χ1) is 9.49. The Bertz CT molecular complexity index is 639. The van der Waals surface area contributed by atoms with E-state index < -0.39 is 0 Å². The molecule has 1 amide bonds. The van der Waals surface area contributed by atoms with Crippen LogP contribution in [0.1, 0.15) is 16.1 Å². The van der Waals surface area contributed by atoms with Crippen molar-refractivity contribution < 1.29 is 9.53 Å². The lowest BCUT2D eigenvalue weighted by Gasteiger charge is -2.09. The van der Waals surface area contributed by atoms with Crippen LogP contribution < -0.4 is 15.8 Å². The zero-order chi connectivity index (χ0) is 14.7. The first-order valence-corrected chi connectivity index (χ1v) is 6.68. The fourth-order valence-corrected chi connectivity index (χ4v) is 2.31. The lowest BCUT2D eigenvalue weighted by Crippen LogP contribution is -2.13. The number of nitrogen functional groups attached to an aromatic ring is 1. The van der Waals surface area contributed by atoms with Gasteiger partial charge < -0.3 is 15.8 Å². The summed E-state index contributed by atoms with van der Waals surface area (Å²) < 4.78 is 5.90. The van der Waals surface area contributed by atoms with Gasteiger partial charge in [-0.05, 0) is 53.2 Å². The maximum absolute atomic E-state index is 12.1. The van der Waals surface area contributed by atoms with E-state index in [0.717, 1.165) is 4.47 Å². The van der Waals surface area contributed by atoms with Crippen molar-refractivity contribution in [2.45, 2.75) is 6.92 Å². The molecule has 2 rings (SSSR count). The lowest BCUT2D eigenvalue weighted by molar-refractivity contribution is 0.102. The van der Waals surface area contributed by atoms with Gasteiger partial charge in [0.1, 0.15) is 11.6 Å². The number of aryl methyl sites for hydroxylation is 1. The molecule has 0 radical (unpaired) electrons. The molecule has 0 fully saturated rings. The number of nitrogens with zero attached hydrogens (tertiary/aromatic N) is 1. The van der Waals surface area contributed by atoms with Crippen LogP contribution in [0.4, 0.5) is 11.5 Å². The third kappa shape index (κ3) is 3.27. The molecule has 0 spiro atoms. The quantitative estimate of drug-likeness (QED) is 0.903. The highest BCUT2D eigenvalue weighted by atomic mass is 79.9. The van der Waals surface area contributed by atoms with Crippen LogP contribution in [-0.4, -0.2) is 18.0 Å². The Balaban J connectivity index is 2.21. The number of carbonyl (C=O) groups excluding carboxylic acids is 1. The second-order valence-corrected chi connectivity index (χ2v) is 5.08. The molecule has 1 aromatic carbocycles. The van der Waals surface area contributed by atoms with Crippen molar-refractivity contribution in [3.8, 4) is 5.75 Å². The molecule has 0 bridgehead atoms. The Kier molecular flexibility index (Phi) is 4.24. The average molecular weight is 336 g/mol. The van der Waals surface area contributed by atoms with Crippen LogP contribution in [0.5, 0.6) is 5.75 Å². The van der Waals surface area contributed by atoms with E-state index in [4.69, 9.17) is 10.5 Å². The number of aromatic nitrogens is 1. The zero-order valence-corrected chi connectivity index (χ0v) is 12.7. The molecule has 20 heavy (non-hydrogen) atoms. The molecule has 1 heterocycles. The number of pyridine rings is 1. The predicted molar refractivity (Wildman–Crippen MR) is 82.0 cm³/mol. The number of carbonyl (C=O) groups is 1. The molecule has 5 nitrogen and oxygen atoms in total. The van der Waals surface area contributed by atoms with Crippen molar-refractivity contribution in [2.75, 3.05) is 18.2 Å². The van der Waals surface area contributed by atoms with Gasteiger partial charge in [-0.1, -0.05) is 0 Å². The molecular formula is C14H14BrN3O2. The van der Waals surface area contributed by atoms with Gasteiger partial charge in [0.05, 0.1) is 11.6 Å². The zero-order valence-electron chi connectivity index (χ0n) is 11.1. The van der Waals surface area contributed by atoms with Gasteiger partial charge in [-0.15, -0.1) is 0 Å². The number of nitrogens with one attached hydrogen (secondary N) is 1. The standard InChI is InChI=1S/C14H14BrN3O2/c1-8-5-9(6-13(16)17-8)14(19)18-10-3-4-12(20-2)11(15)7-10/h3-7H,1-2H3,(H2,16,17)(H,18,19). The van der Waals surface area contributed by atoms with E-state index in [1.54, 1.807) is 44.4 Å². The van der Waals surface area contributed by atoms with Crippen molar-refractivity contribution in [3.05, 3.63) is 46.1 Å². The first kappa shape index (κ1) is 14.3. The molecular weight excluding hydrogens is 322 g/mol. The van der Waals surface area contributed by atoms with Gasteiger partial charge in [-0.25, -0.2) is 4.98 Å². The van der Waals surface area contributed by atoms with Gasteiger partial charge in [0.25, 0.3) is 5.91 Å². The third-order valence-electron chi connectivity index (χ3n) is 2.65. The normalized spacial score (nSPS) is 10.2. The van der Waals surface area contributed by atoms with Crippen molar-refractivity contribution >= 4 is 33.3 Å². The Morgan fingerprint density at radius 1 is 1.35 bits per heavy atom. The van der Waals surface area contributed by atoms with E-state index in [9.17, 15) is 4.79 Å². The fraction of sp³-hybridized carbons (Fsp3) is 0.143. The number of hydrogen-bond donors (Lipinski definition) is 2. The number of amides is 1. The van der Waals surface area contributed by atoms with Crippen LogP contribution in [0.15, 0.2) is 34.8 Å². The Morgan fingerprint density at radius 2 is 2.10 bits per heavy atom. The van der Waals surface area contributed by atoms with Crippen molar-refractivity contribution in [2.24, 2.45) is 0 Å². The minimum Gasteiger partial charge on any atom is -0.496 e. The van der Waals surface area contributed by atoms with Gasteiger partial charge in [-0.3, -0.25) is 4.79 Å². The number of methoxy groups -OCH3 is 1. The Morgan fingerprint density at radius 3 is 2.70 bits per heavy atom. The fourth-order valence-electron chi connectivity index (χ4n) is 1.77. The second-order valence-electron chi connectivity index (χ2n) is 4.23. The molecule has 0 aliphatic heterocycles. The number of rotatable bonds is 3. The molecule has 0 saturated carbocycles. The van der Waals surface area contributed by atoms with Gasteiger partial charge in [0, 0.05) is 16.9 Å². The maximum Gasteiger partial charge on any atom is 0.255 e. The van der Waals surface area contributed by atoms with Crippen molar-refractivity contribution in [1.29, 1.82) is 0 Å². The molecule has 104 valence electrons. The lowest BCUT2D eigenvalue weighted by atomic mass is 10.2. The van der Waals surface area contributed by atoms with Crippen LogP contribution in [0, 0.1) is 6.92 Å². The molecule has 1 aromatic heterocycles. The highest BCUT2D eigenvalue weighted by Crippen LogP contribution is 2.27. The summed E-state index contributed by atoms with van der Waals surface area (Å²) in [5.74, 6) is 0.789. The second kappa shape index (κ2) is 5.92. The summed E-state index contributed by atoms with van der Waals surface area (Å²) in [6.45, 7) is 1.79. The first-order valence-electron chi connectivity index (χ1n) is 5.88. The highest BCUT2D eigenvalue weighted by molar-refractivity contribution is 9.10. The summed E-state index contributed by atoms with van der Waals surface area (Å²) in [7, 11) is 1.58. The van der Waals surface area contributed by atoms with E-state index in [2.05, 4.69) is 26.2 Å². The van der Waals surface area contributed by atoms with Crippen LogP contribution in [-0.2, 0) is 0 Å². The van der Waals surface area contributed by atoms with Gasteiger partial charge >= 0.3 is 0 Å². The number of hydrogen-bond acceptors (Lipinski definition) is 4. The minimum atomic E-state index is -0.237. The molecule has 0 saturated heterocycles. The number of ether oxygens (including phenoxy) is 1. The van der Waals surface area contributed by atoms with Crippen LogP contribution in [0.25, 0.3) is 0 Å². The number of nitrogens with two attached hydrogens (primary N) is 1. The molecule has 3 N–H and O–H groups in total. The van der Waals surface area contributed by atoms with Gasteiger partial charge in [-0.2, -0.15) is 0 Å².